The summed E-state index contributed by atoms with van der Waals surface area (Å²) in [4.78, 5) is 22.5. The minimum Gasteiger partial charge on any atom is -0.463 e. The maximum Gasteiger partial charge on any atom is 0.333 e. The number of ether oxygens (including phenoxy) is 2. The zero-order chi connectivity index (χ0) is 14.0. The lowest BCUT2D eigenvalue weighted by Crippen LogP contribution is -2.04. The van der Waals surface area contributed by atoms with Gasteiger partial charge in [-0.15, -0.1) is 0 Å². The van der Waals surface area contributed by atoms with E-state index >= 15 is 0 Å². The average molecular weight is 262 g/mol. The number of carbonyl (C=O) groups is 2. The average Bonchev–Trinajstić information content (AvgIpc) is 2.34. The van der Waals surface area contributed by atoms with Crippen molar-refractivity contribution in [2.45, 2.75) is 27.7 Å². The molecule has 0 spiro atoms. The molecular formula is C14H20O4. The zero-order valence-corrected chi connectivity index (χ0v) is 11.4. The molecule has 0 saturated heterocycles. The van der Waals surface area contributed by atoms with Gasteiger partial charge >= 0.3 is 11.9 Å². The van der Waals surface area contributed by atoms with Gasteiger partial charge in [0.05, 0.1) is 13.2 Å². The van der Waals surface area contributed by atoms with Crippen molar-refractivity contribution in [2.24, 2.45) is 0 Å². The molecule has 0 amide bonds. The number of esters is 2. The molecule has 100 valence electrons. The monoisotopic (exact) mass is 262 g/mol. The largest absolute Gasteiger partial charge is 0.463 e. The number of hydrogen-bond donors (Lipinski definition) is 0. The van der Waals surface area contributed by atoms with Crippen molar-refractivity contribution in [1.29, 1.82) is 0 Å². The Morgan fingerprint density at radius 1 is 0.833 bits per heavy atom. The first-order valence-corrected chi connectivity index (χ1v) is 5.89. The molecule has 0 aromatic heterocycles. The number of carbonyl (C=O) groups excluding carboxylic acids is 2. The van der Waals surface area contributed by atoms with Crippen molar-refractivity contribution in [3.63, 3.8) is 0 Å². The van der Waals surface area contributed by atoms with Crippen molar-refractivity contribution < 1.29 is 19.1 Å². The van der Waals surface area contributed by atoms with Crippen LogP contribution in [0.1, 0.15) is 27.7 Å². The van der Waals surface area contributed by atoms with E-state index in [9.17, 15) is 9.59 Å². The SMILES string of the molecule is CCO[13C](=O)/[13C]([13CH3])=[13CH]/[13CH]=[13CH]/[13CH]=[13C](\[13CH3])[13C](=O)OCC. The summed E-state index contributed by atoms with van der Waals surface area (Å²) < 4.78 is 9.64. The van der Waals surface area contributed by atoms with E-state index in [1.54, 1.807) is 52.0 Å². The minimum absolute atomic E-state index is 0.340. The molecule has 0 fully saturated rings. The molecule has 0 N–H and O–H groups in total. The van der Waals surface area contributed by atoms with Crippen LogP contribution in [0.3, 0.4) is 0 Å². The lowest BCUT2D eigenvalue weighted by Gasteiger charge is -1.99. The van der Waals surface area contributed by atoms with Crippen LogP contribution in [-0.2, 0) is 19.1 Å². The Labute approximate surface area is 108 Å². The Bertz CT molecular complexity index is 339. The maximum atomic E-state index is 11.3. The third-order valence-corrected chi connectivity index (χ3v) is 2.00. The van der Waals surface area contributed by atoms with Crippen LogP contribution < -0.4 is 0 Å². The Balaban J connectivity index is 4.40. The van der Waals surface area contributed by atoms with E-state index in [0.717, 1.165) is 0 Å². The first-order chi connectivity index (χ1) is 8.52. The van der Waals surface area contributed by atoms with Crippen molar-refractivity contribution in [3.05, 3.63) is 35.5 Å². The normalized spacial score (nSPS) is 12.7. The lowest BCUT2D eigenvalue weighted by molar-refractivity contribution is -0.139. The Morgan fingerprint density at radius 2 is 1.17 bits per heavy atom. The van der Waals surface area contributed by atoms with Crippen LogP contribution in [0, 0.1) is 0 Å². The first kappa shape index (κ1) is 16.2. The molecule has 0 atom stereocenters. The van der Waals surface area contributed by atoms with Gasteiger partial charge in [0.1, 0.15) is 0 Å². The molecular weight excluding hydrogens is 242 g/mol. The predicted octanol–water partition coefficient (Wildman–Crippen LogP) is 2.56. The smallest absolute Gasteiger partial charge is 0.333 e. The second-order valence-electron chi connectivity index (χ2n) is 3.53. The molecule has 0 aliphatic heterocycles. The summed E-state index contributed by atoms with van der Waals surface area (Å²) in [6.07, 6.45) is 6.61. The number of allylic oxidation sites excluding steroid dienone is 4. The van der Waals surface area contributed by atoms with Gasteiger partial charge in [0.15, 0.2) is 0 Å². The second kappa shape index (κ2) is 9.22. The third kappa shape index (κ3) is 6.68. The highest BCUT2D eigenvalue weighted by atomic mass is 16.6. The van der Waals surface area contributed by atoms with Crippen molar-refractivity contribution in [2.75, 3.05) is 13.2 Å². The first-order valence-electron chi connectivity index (χ1n) is 5.89. The van der Waals surface area contributed by atoms with E-state index in [2.05, 4.69) is 0 Å². The van der Waals surface area contributed by atoms with E-state index in [1.165, 1.54) is 0 Å². The van der Waals surface area contributed by atoms with Gasteiger partial charge in [0.2, 0.25) is 0 Å². The fourth-order valence-electron chi connectivity index (χ4n) is 1.03. The van der Waals surface area contributed by atoms with Crippen LogP contribution in [0.15, 0.2) is 35.5 Å². The van der Waals surface area contributed by atoms with Crippen molar-refractivity contribution in [1.82, 2.24) is 0 Å². The van der Waals surface area contributed by atoms with Crippen LogP contribution in [-0.4, -0.2) is 25.2 Å². The quantitative estimate of drug-likeness (QED) is 0.319. The van der Waals surface area contributed by atoms with E-state index < -0.39 is 0 Å². The molecule has 0 aliphatic rings. The molecule has 0 saturated carbocycles. The maximum absolute atomic E-state index is 11.3. The van der Waals surface area contributed by atoms with Gasteiger partial charge in [-0.1, -0.05) is 24.3 Å². The fraction of sp³-hybridized carbons (Fsp3) is 0.429. The van der Waals surface area contributed by atoms with E-state index in [-0.39, 0.29) is 11.9 Å². The van der Waals surface area contributed by atoms with E-state index in [0.29, 0.717) is 24.4 Å². The lowest BCUT2D eigenvalue weighted by atomic mass is 10.9. The summed E-state index contributed by atoms with van der Waals surface area (Å²) in [5.41, 5.74) is 1.02. The number of rotatable bonds is 6. The van der Waals surface area contributed by atoms with Crippen LogP contribution >= 0.6 is 0 Å². The highest BCUT2D eigenvalue weighted by Gasteiger charge is 2.02. The molecule has 0 aromatic carbocycles. The highest BCUT2D eigenvalue weighted by Crippen LogP contribution is 1.99. The van der Waals surface area contributed by atoms with E-state index in [1.807, 2.05) is 0 Å². The van der Waals surface area contributed by atoms with Gasteiger partial charge in [-0.25, -0.2) is 9.59 Å². The number of hydrogen-bond acceptors (Lipinski definition) is 4. The molecule has 0 radical (unpaired) electrons. The fourth-order valence-corrected chi connectivity index (χ4v) is 1.03. The summed E-state index contributed by atoms with van der Waals surface area (Å²) in [6.45, 7) is 7.57. The predicted molar refractivity (Wildman–Crippen MR) is 69.9 cm³/mol. The Kier molecular flexibility index (Phi) is 8.27. The Hall–Kier alpha value is -1.84. The van der Waals surface area contributed by atoms with Crippen LogP contribution in [0.4, 0.5) is 0 Å². The van der Waals surface area contributed by atoms with Gasteiger partial charge in [-0.3, -0.25) is 0 Å². The molecule has 0 unspecified atom stereocenters. The summed E-state index contributed by atoms with van der Waals surface area (Å²) >= 11 is 0. The van der Waals surface area contributed by atoms with Crippen LogP contribution in [0.2, 0.25) is 0 Å². The Morgan fingerprint density at radius 3 is 1.44 bits per heavy atom. The van der Waals surface area contributed by atoms with Gasteiger partial charge < -0.3 is 9.47 Å². The zero-order valence-electron chi connectivity index (χ0n) is 11.4. The summed E-state index contributed by atoms with van der Waals surface area (Å²) in [7, 11) is 0. The molecule has 0 bridgehead atoms. The van der Waals surface area contributed by atoms with Gasteiger partial charge in [-0.05, 0) is 27.7 Å². The molecule has 0 aromatic rings. The summed E-state index contributed by atoms with van der Waals surface area (Å²) in [5, 5.41) is 0. The standard InChI is InChI=1S/C14H20O4/c1-5-17-13(15)11(3)9-7-8-10-12(4)14(16)18-6-2/h7-10H,5-6H2,1-4H3/b8-7+,11-9+,12-10+/i3+1,4+1,7+1,8+1,9+1,10+1,11+1,12+1,13+1,14+1. The van der Waals surface area contributed by atoms with Gasteiger partial charge in [-0.2, -0.15) is 0 Å². The molecule has 4 nitrogen and oxygen atoms in total. The van der Waals surface area contributed by atoms with Crippen LogP contribution in [0.25, 0.3) is 0 Å². The van der Waals surface area contributed by atoms with Crippen molar-refractivity contribution in [3.8, 4) is 0 Å². The topological polar surface area (TPSA) is 52.6 Å². The summed E-state index contributed by atoms with van der Waals surface area (Å²) in [6, 6.07) is 0. The molecule has 0 rings (SSSR count). The molecule has 4 heteroatoms. The van der Waals surface area contributed by atoms with Gasteiger partial charge in [0, 0.05) is 11.1 Å². The second-order valence-corrected chi connectivity index (χ2v) is 3.53. The van der Waals surface area contributed by atoms with Crippen LogP contribution in [0.5, 0.6) is 0 Å². The minimum atomic E-state index is -0.340. The third-order valence-electron chi connectivity index (χ3n) is 2.00. The van der Waals surface area contributed by atoms with E-state index in [4.69, 9.17) is 9.47 Å². The van der Waals surface area contributed by atoms with Gasteiger partial charge in [0.25, 0.3) is 0 Å². The highest BCUT2D eigenvalue weighted by molar-refractivity contribution is 5.88. The molecule has 18 heavy (non-hydrogen) atoms. The summed E-state index contributed by atoms with van der Waals surface area (Å²) in [5.74, 6) is -0.679. The molecule has 0 aliphatic carbocycles. The molecule has 0 heterocycles. The van der Waals surface area contributed by atoms with Crippen molar-refractivity contribution >= 4 is 11.9 Å².